The molecule has 1 atom stereocenters. The van der Waals surface area contributed by atoms with Crippen molar-refractivity contribution in [1.29, 1.82) is 0 Å². The minimum Gasteiger partial charge on any atom is -0.383 e. The molecule has 0 radical (unpaired) electrons. The third-order valence-corrected chi connectivity index (χ3v) is 6.47. The maximum absolute atomic E-state index is 12.0. The first kappa shape index (κ1) is 26.5. The molecule has 0 fully saturated rings. The van der Waals surface area contributed by atoms with E-state index in [4.69, 9.17) is 50.1 Å². The van der Waals surface area contributed by atoms with Crippen LogP contribution in [0.2, 0.25) is 15.1 Å². The van der Waals surface area contributed by atoms with Crippen LogP contribution in [-0.2, 0) is 18.6 Å². The smallest absolute Gasteiger partial charge is 0.291 e. The molecule has 0 bridgehead atoms. The summed E-state index contributed by atoms with van der Waals surface area (Å²) in [6.45, 7) is 2.38. The fourth-order valence-electron chi connectivity index (χ4n) is 3.99. The number of hydrogen-bond donors (Lipinski definition) is 2. The molecule has 10 heteroatoms. The topological polar surface area (TPSA) is 101 Å². The van der Waals surface area contributed by atoms with E-state index in [1.54, 1.807) is 24.7 Å². The van der Waals surface area contributed by atoms with Crippen LogP contribution in [0, 0.1) is 17.0 Å². The summed E-state index contributed by atoms with van der Waals surface area (Å²) < 4.78 is 1.88. The van der Waals surface area contributed by atoms with Crippen LogP contribution in [0.15, 0.2) is 79.4 Å². The first-order chi connectivity index (χ1) is 16.6. The zero-order valence-corrected chi connectivity index (χ0v) is 20.9. The maximum Gasteiger partial charge on any atom is 0.291 e. The predicted octanol–water partition coefficient (Wildman–Crippen LogP) is 6.60. The number of rotatable bonds is 6. The Bertz CT molecular complexity index is 1290. The number of imidazole rings is 1. The van der Waals surface area contributed by atoms with E-state index in [1.807, 2.05) is 60.2 Å². The molecule has 1 aromatic heterocycles. The van der Waals surface area contributed by atoms with Gasteiger partial charge in [-0.1, -0.05) is 71.2 Å². The van der Waals surface area contributed by atoms with Crippen molar-refractivity contribution in [3.63, 3.8) is 0 Å². The van der Waals surface area contributed by atoms with E-state index < -0.39 is 10.7 Å². The highest BCUT2D eigenvalue weighted by Crippen LogP contribution is 2.36. The Morgan fingerprint density at radius 3 is 2.34 bits per heavy atom. The molecule has 0 amide bonds. The Morgan fingerprint density at radius 1 is 1.06 bits per heavy atom. The molecule has 4 aromatic rings. The minimum absolute atomic E-state index is 0.345. The Morgan fingerprint density at radius 2 is 1.74 bits per heavy atom. The normalized spacial score (nSPS) is 12.4. The molecule has 0 saturated heterocycles. The molecule has 182 valence electrons. The van der Waals surface area contributed by atoms with Gasteiger partial charge in [0.1, 0.15) is 5.60 Å². The molecule has 0 aliphatic carbocycles. The summed E-state index contributed by atoms with van der Waals surface area (Å²) in [7, 11) is 0. The van der Waals surface area contributed by atoms with Gasteiger partial charge in [0.2, 0.25) is 0 Å². The Kier molecular flexibility index (Phi) is 8.75. The van der Waals surface area contributed by atoms with Crippen LogP contribution in [0.5, 0.6) is 0 Å². The van der Waals surface area contributed by atoms with Gasteiger partial charge in [0.25, 0.3) is 5.09 Å². The number of nitrogens with zero attached hydrogens (tertiary/aromatic N) is 3. The number of benzene rings is 3. The third kappa shape index (κ3) is 6.96. The Hall–Kier alpha value is -3.10. The summed E-state index contributed by atoms with van der Waals surface area (Å²) in [6, 6.07) is 19.2. The van der Waals surface area contributed by atoms with Crippen LogP contribution in [0.3, 0.4) is 0 Å². The second kappa shape index (κ2) is 11.6. The number of halogens is 3. The highest BCUT2D eigenvalue weighted by molar-refractivity contribution is 6.42. The standard InChI is InChI=1S/C25H21Cl3N2O.HNO3/c1-17-21(19-6-8-20(26)9-7-19)3-2-4-22(17)25(31,15-30-12-11-29-16-30)14-18-5-10-23(27)24(28)13-18;2-1(3)4/h2-13,16,31H,14-15H2,1H3;(H,2,3,4). The van der Waals surface area contributed by atoms with Crippen LogP contribution >= 0.6 is 34.8 Å². The molecule has 1 unspecified atom stereocenters. The lowest BCUT2D eigenvalue weighted by Crippen LogP contribution is -2.34. The first-order valence-electron chi connectivity index (χ1n) is 10.4. The highest BCUT2D eigenvalue weighted by Gasteiger charge is 2.32. The molecule has 3 aromatic carbocycles. The zero-order chi connectivity index (χ0) is 25.6. The number of hydrogen-bond acceptors (Lipinski definition) is 4. The fraction of sp³-hybridized carbons (Fsp3) is 0.160. The van der Waals surface area contributed by atoms with Crippen LogP contribution in [0.25, 0.3) is 11.1 Å². The summed E-state index contributed by atoms with van der Waals surface area (Å²) >= 11 is 18.4. The quantitative estimate of drug-likeness (QED) is 0.214. The van der Waals surface area contributed by atoms with Gasteiger partial charge in [-0.2, -0.15) is 0 Å². The molecule has 4 rings (SSSR count). The van der Waals surface area contributed by atoms with Gasteiger partial charge in [-0.15, -0.1) is 10.1 Å². The van der Waals surface area contributed by atoms with Gasteiger partial charge < -0.3 is 14.9 Å². The second-order valence-electron chi connectivity index (χ2n) is 7.91. The van der Waals surface area contributed by atoms with Crippen molar-refractivity contribution in [3.8, 4) is 11.1 Å². The number of aliphatic hydroxyl groups is 1. The fourth-order valence-corrected chi connectivity index (χ4v) is 4.43. The van der Waals surface area contributed by atoms with E-state index >= 15 is 0 Å². The molecule has 0 aliphatic heterocycles. The highest BCUT2D eigenvalue weighted by atomic mass is 35.5. The molecule has 0 saturated carbocycles. The maximum atomic E-state index is 12.0. The van der Waals surface area contributed by atoms with Crippen molar-refractivity contribution in [3.05, 3.63) is 121 Å². The third-order valence-electron chi connectivity index (χ3n) is 5.47. The Balaban J connectivity index is 0.000000795. The lowest BCUT2D eigenvalue weighted by molar-refractivity contribution is -0.742. The van der Waals surface area contributed by atoms with E-state index in [1.165, 1.54) is 0 Å². The van der Waals surface area contributed by atoms with Crippen molar-refractivity contribution in [1.82, 2.24) is 9.55 Å². The van der Waals surface area contributed by atoms with Crippen molar-refractivity contribution in [2.24, 2.45) is 0 Å². The van der Waals surface area contributed by atoms with E-state index in [0.29, 0.717) is 28.0 Å². The summed E-state index contributed by atoms with van der Waals surface area (Å²) in [5.74, 6) is 0. The summed E-state index contributed by atoms with van der Waals surface area (Å²) in [6.07, 6.45) is 5.62. The average Bonchev–Trinajstić information content (AvgIpc) is 3.29. The molecule has 0 aliphatic rings. The molecule has 2 N–H and O–H groups in total. The largest absolute Gasteiger partial charge is 0.383 e. The van der Waals surface area contributed by atoms with E-state index in [-0.39, 0.29) is 0 Å². The van der Waals surface area contributed by atoms with E-state index in [9.17, 15) is 5.11 Å². The van der Waals surface area contributed by atoms with Crippen molar-refractivity contribution >= 4 is 34.8 Å². The second-order valence-corrected chi connectivity index (χ2v) is 9.17. The van der Waals surface area contributed by atoms with Crippen molar-refractivity contribution < 1.29 is 15.4 Å². The van der Waals surface area contributed by atoms with Crippen LogP contribution in [0.1, 0.15) is 16.7 Å². The summed E-state index contributed by atoms with van der Waals surface area (Å²) in [5.41, 5.74) is 3.65. The van der Waals surface area contributed by atoms with Crippen molar-refractivity contribution in [2.45, 2.75) is 25.5 Å². The molecular formula is C25H22Cl3N3O4. The van der Waals surface area contributed by atoms with E-state index in [2.05, 4.69) is 11.1 Å². The lowest BCUT2D eigenvalue weighted by Gasteiger charge is -2.32. The van der Waals surface area contributed by atoms with Gasteiger partial charge in [0.05, 0.1) is 22.9 Å². The van der Waals surface area contributed by atoms with Gasteiger partial charge in [-0.3, -0.25) is 0 Å². The molecule has 7 nitrogen and oxygen atoms in total. The van der Waals surface area contributed by atoms with Gasteiger partial charge >= 0.3 is 0 Å². The summed E-state index contributed by atoms with van der Waals surface area (Å²) in [5, 5.41) is 27.3. The van der Waals surface area contributed by atoms with E-state index in [0.717, 1.165) is 27.8 Å². The molecular weight excluding hydrogens is 513 g/mol. The van der Waals surface area contributed by atoms with Crippen LogP contribution < -0.4 is 0 Å². The average molecular weight is 535 g/mol. The van der Waals surface area contributed by atoms with Crippen molar-refractivity contribution in [2.75, 3.05) is 0 Å². The van der Waals surface area contributed by atoms with Gasteiger partial charge in [-0.25, -0.2) is 4.98 Å². The molecule has 35 heavy (non-hydrogen) atoms. The first-order valence-corrected chi connectivity index (χ1v) is 11.5. The van der Waals surface area contributed by atoms with Crippen LogP contribution in [-0.4, -0.2) is 25.0 Å². The van der Waals surface area contributed by atoms with Gasteiger partial charge in [0, 0.05) is 23.8 Å². The van der Waals surface area contributed by atoms with Gasteiger partial charge in [0.15, 0.2) is 0 Å². The monoisotopic (exact) mass is 533 g/mol. The molecule has 1 heterocycles. The minimum atomic E-state index is -1.50. The van der Waals surface area contributed by atoms with Gasteiger partial charge in [-0.05, 0) is 59.0 Å². The van der Waals surface area contributed by atoms with Crippen LogP contribution in [0.4, 0.5) is 0 Å². The molecule has 0 spiro atoms. The lowest BCUT2D eigenvalue weighted by atomic mass is 9.82. The predicted molar refractivity (Wildman–Crippen MR) is 137 cm³/mol. The zero-order valence-electron chi connectivity index (χ0n) is 18.6. The summed E-state index contributed by atoms with van der Waals surface area (Å²) in [4.78, 5) is 12.5. The SMILES string of the molecule is Cc1c(-c2ccc(Cl)cc2)cccc1C(O)(Cc1ccc(Cl)c(Cl)c1)Cn1ccnc1.O=[N+]([O-])O. The Labute approximate surface area is 217 Å². The number of aromatic nitrogens is 2.